The minimum atomic E-state index is -0.278. The predicted octanol–water partition coefficient (Wildman–Crippen LogP) is 3.50. The lowest BCUT2D eigenvalue weighted by Gasteiger charge is -2.11. The zero-order valence-electron chi connectivity index (χ0n) is 13.6. The van der Waals surface area contributed by atoms with Crippen molar-refractivity contribution in [1.29, 1.82) is 0 Å². The number of carbonyl (C=O) groups excluding carboxylic acids is 2. The second-order valence-corrected chi connectivity index (χ2v) is 6.26. The molecule has 130 valence electrons. The van der Waals surface area contributed by atoms with Crippen LogP contribution in [0.5, 0.6) is 0 Å². The van der Waals surface area contributed by atoms with Crippen LogP contribution in [0.2, 0.25) is 5.02 Å². The zero-order chi connectivity index (χ0) is 17.6. The molecule has 1 fully saturated rings. The average Bonchev–Trinajstić information content (AvgIpc) is 3.15. The Morgan fingerprint density at radius 3 is 2.36 bits per heavy atom. The first-order valence-corrected chi connectivity index (χ1v) is 8.57. The van der Waals surface area contributed by atoms with E-state index in [0.717, 1.165) is 19.4 Å². The van der Waals surface area contributed by atoms with Crippen LogP contribution in [-0.2, 0) is 4.74 Å². The molecule has 1 heterocycles. The van der Waals surface area contributed by atoms with Crippen LogP contribution >= 0.6 is 11.6 Å². The first-order chi connectivity index (χ1) is 12.1. The van der Waals surface area contributed by atoms with Gasteiger partial charge in [0.1, 0.15) is 0 Å². The molecule has 6 heteroatoms. The van der Waals surface area contributed by atoms with Crippen molar-refractivity contribution < 1.29 is 14.3 Å². The minimum absolute atomic E-state index is 0.102. The molecule has 2 N–H and O–H groups in total. The van der Waals surface area contributed by atoms with Crippen LogP contribution in [0, 0.1) is 0 Å². The quantitative estimate of drug-likeness (QED) is 0.859. The summed E-state index contributed by atoms with van der Waals surface area (Å²) in [6.07, 6.45) is 2.11. The van der Waals surface area contributed by atoms with Crippen molar-refractivity contribution in [2.24, 2.45) is 0 Å². The highest BCUT2D eigenvalue weighted by Gasteiger charge is 2.17. The number of ether oxygens (including phenoxy) is 1. The van der Waals surface area contributed by atoms with Crippen molar-refractivity contribution in [3.05, 3.63) is 64.7 Å². The van der Waals surface area contributed by atoms with Gasteiger partial charge in [0, 0.05) is 24.3 Å². The van der Waals surface area contributed by atoms with E-state index in [2.05, 4.69) is 10.6 Å². The van der Waals surface area contributed by atoms with Gasteiger partial charge in [-0.3, -0.25) is 9.59 Å². The van der Waals surface area contributed by atoms with Crippen molar-refractivity contribution in [3.8, 4) is 0 Å². The van der Waals surface area contributed by atoms with E-state index in [1.807, 2.05) is 0 Å². The van der Waals surface area contributed by atoms with Gasteiger partial charge in [0.15, 0.2) is 0 Å². The Morgan fingerprint density at radius 2 is 1.72 bits per heavy atom. The van der Waals surface area contributed by atoms with Gasteiger partial charge in [0.25, 0.3) is 11.8 Å². The summed E-state index contributed by atoms with van der Waals surface area (Å²) in [7, 11) is 0. The summed E-state index contributed by atoms with van der Waals surface area (Å²) in [5.41, 5.74) is 1.51. The van der Waals surface area contributed by atoms with E-state index in [1.54, 1.807) is 48.5 Å². The van der Waals surface area contributed by atoms with Gasteiger partial charge in [0.2, 0.25) is 0 Å². The van der Waals surface area contributed by atoms with Crippen LogP contribution in [0.1, 0.15) is 33.6 Å². The highest BCUT2D eigenvalue weighted by Crippen LogP contribution is 2.21. The molecule has 1 saturated heterocycles. The lowest BCUT2D eigenvalue weighted by atomic mass is 10.1. The average molecular weight is 359 g/mol. The molecule has 1 aliphatic rings. The number of halogens is 1. The van der Waals surface area contributed by atoms with Crippen LogP contribution in [0.3, 0.4) is 0 Å². The van der Waals surface area contributed by atoms with Gasteiger partial charge in [0.05, 0.1) is 16.8 Å². The number of amides is 2. The Balaban J connectivity index is 1.58. The Labute approximate surface area is 151 Å². The number of hydrogen-bond acceptors (Lipinski definition) is 3. The molecule has 1 unspecified atom stereocenters. The highest BCUT2D eigenvalue weighted by atomic mass is 35.5. The lowest BCUT2D eigenvalue weighted by molar-refractivity contribution is 0.0857. The fraction of sp³-hybridized carbons (Fsp3) is 0.263. The van der Waals surface area contributed by atoms with Gasteiger partial charge >= 0.3 is 0 Å². The van der Waals surface area contributed by atoms with E-state index in [1.165, 1.54) is 0 Å². The Hall–Kier alpha value is -2.37. The van der Waals surface area contributed by atoms with Crippen molar-refractivity contribution in [1.82, 2.24) is 5.32 Å². The summed E-state index contributed by atoms with van der Waals surface area (Å²) in [6, 6.07) is 13.5. The van der Waals surface area contributed by atoms with Gasteiger partial charge in [-0.1, -0.05) is 23.7 Å². The smallest absolute Gasteiger partial charge is 0.255 e. The lowest BCUT2D eigenvalue weighted by Crippen LogP contribution is -2.31. The number of nitrogens with one attached hydrogen (secondary N) is 2. The molecule has 2 aromatic carbocycles. The maximum Gasteiger partial charge on any atom is 0.255 e. The highest BCUT2D eigenvalue weighted by molar-refractivity contribution is 6.33. The maximum absolute atomic E-state index is 12.3. The molecule has 1 aliphatic heterocycles. The Morgan fingerprint density at radius 1 is 1.04 bits per heavy atom. The molecule has 0 spiro atoms. The molecular weight excluding hydrogens is 340 g/mol. The summed E-state index contributed by atoms with van der Waals surface area (Å²) in [4.78, 5) is 24.4. The molecular formula is C19H19ClN2O3. The number of rotatable bonds is 5. The fourth-order valence-electron chi connectivity index (χ4n) is 2.64. The third kappa shape index (κ3) is 4.59. The monoisotopic (exact) mass is 358 g/mol. The van der Waals surface area contributed by atoms with Gasteiger partial charge in [-0.15, -0.1) is 0 Å². The second kappa shape index (κ2) is 8.14. The molecule has 0 saturated carbocycles. The van der Waals surface area contributed by atoms with Crippen LogP contribution in [0.4, 0.5) is 5.69 Å². The second-order valence-electron chi connectivity index (χ2n) is 5.86. The van der Waals surface area contributed by atoms with Crippen LogP contribution < -0.4 is 10.6 Å². The van der Waals surface area contributed by atoms with Crippen LogP contribution in [0.15, 0.2) is 48.5 Å². The van der Waals surface area contributed by atoms with E-state index in [0.29, 0.717) is 28.4 Å². The molecule has 1 atom stereocenters. The molecule has 25 heavy (non-hydrogen) atoms. The molecule has 3 rings (SSSR count). The van der Waals surface area contributed by atoms with Crippen LogP contribution in [-0.4, -0.2) is 31.1 Å². The summed E-state index contributed by atoms with van der Waals surface area (Å²) >= 11 is 6.03. The van der Waals surface area contributed by atoms with E-state index in [9.17, 15) is 9.59 Å². The van der Waals surface area contributed by atoms with Gasteiger partial charge in [-0.25, -0.2) is 0 Å². The van der Waals surface area contributed by atoms with E-state index in [-0.39, 0.29) is 17.9 Å². The SMILES string of the molecule is O=C(NCC1CCCO1)c1ccc(C(=O)Nc2ccccc2Cl)cc1. The van der Waals surface area contributed by atoms with Crippen LogP contribution in [0.25, 0.3) is 0 Å². The molecule has 2 amide bonds. The molecule has 0 aromatic heterocycles. The number of carbonyl (C=O) groups is 2. The summed E-state index contributed by atoms with van der Waals surface area (Å²) in [5.74, 6) is -0.451. The number of para-hydroxylation sites is 1. The van der Waals surface area contributed by atoms with Crippen molar-refractivity contribution in [3.63, 3.8) is 0 Å². The molecule has 0 aliphatic carbocycles. The normalized spacial score (nSPS) is 16.4. The van der Waals surface area contributed by atoms with Crippen molar-refractivity contribution in [2.75, 3.05) is 18.5 Å². The van der Waals surface area contributed by atoms with Gasteiger partial charge in [-0.05, 0) is 49.2 Å². The maximum atomic E-state index is 12.3. The first kappa shape index (κ1) is 17.5. The standard InChI is InChI=1S/C19H19ClN2O3/c20-16-5-1-2-6-17(16)22-19(24)14-9-7-13(8-10-14)18(23)21-12-15-4-3-11-25-15/h1-2,5-10,15H,3-4,11-12H2,(H,21,23)(H,22,24). The Kier molecular flexibility index (Phi) is 5.68. The van der Waals surface area contributed by atoms with E-state index < -0.39 is 0 Å². The number of hydrogen-bond donors (Lipinski definition) is 2. The number of anilines is 1. The fourth-order valence-corrected chi connectivity index (χ4v) is 2.83. The van der Waals surface area contributed by atoms with Gasteiger partial charge in [-0.2, -0.15) is 0 Å². The zero-order valence-corrected chi connectivity index (χ0v) is 14.4. The topological polar surface area (TPSA) is 67.4 Å². The third-order valence-corrected chi connectivity index (χ3v) is 4.38. The summed E-state index contributed by atoms with van der Waals surface area (Å²) < 4.78 is 5.48. The number of benzene rings is 2. The van der Waals surface area contributed by atoms with E-state index >= 15 is 0 Å². The van der Waals surface area contributed by atoms with Gasteiger partial charge < -0.3 is 15.4 Å². The third-order valence-electron chi connectivity index (χ3n) is 4.05. The van der Waals surface area contributed by atoms with E-state index in [4.69, 9.17) is 16.3 Å². The Bertz CT molecular complexity index is 756. The molecule has 5 nitrogen and oxygen atoms in total. The molecule has 2 aromatic rings. The predicted molar refractivity (Wildman–Crippen MR) is 97.2 cm³/mol. The molecule has 0 radical (unpaired) electrons. The first-order valence-electron chi connectivity index (χ1n) is 8.19. The largest absolute Gasteiger partial charge is 0.376 e. The molecule has 0 bridgehead atoms. The van der Waals surface area contributed by atoms with Crippen molar-refractivity contribution >= 4 is 29.1 Å². The summed E-state index contributed by atoms with van der Waals surface area (Å²) in [6.45, 7) is 1.27. The van der Waals surface area contributed by atoms with Crippen molar-refractivity contribution in [2.45, 2.75) is 18.9 Å². The summed E-state index contributed by atoms with van der Waals surface area (Å²) in [5, 5.41) is 6.08. The minimum Gasteiger partial charge on any atom is -0.376 e.